The second-order valence-electron chi connectivity index (χ2n) is 6.73. The molecule has 2 aromatic rings. The molecule has 0 radical (unpaired) electrons. The number of phenolic OH excluding ortho intramolecular Hbond substituents is 1. The highest BCUT2D eigenvalue weighted by molar-refractivity contribution is 5.82. The second-order valence-corrected chi connectivity index (χ2v) is 6.73. The summed E-state index contributed by atoms with van der Waals surface area (Å²) in [5.74, 6) is 0.203. The van der Waals surface area contributed by atoms with Gasteiger partial charge in [-0.2, -0.15) is 0 Å². The Morgan fingerprint density at radius 2 is 1.88 bits per heavy atom. The van der Waals surface area contributed by atoms with Gasteiger partial charge in [0.2, 0.25) is 5.91 Å². The lowest BCUT2D eigenvalue weighted by Crippen LogP contribution is -2.47. The average molecular weight is 354 g/mol. The fourth-order valence-corrected chi connectivity index (χ4v) is 3.14. The summed E-state index contributed by atoms with van der Waals surface area (Å²) in [4.78, 5) is 14.6. The van der Waals surface area contributed by atoms with Crippen LogP contribution in [-0.2, 0) is 4.79 Å². The van der Waals surface area contributed by atoms with Crippen LogP contribution in [0.1, 0.15) is 24.9 Å². The van der Waals surface area contributed by atoms with E-state index in [2.05, 4.69) is 40.1 Å². The van der Waals surface area contributed by atoms with E-state index in [-0.39, 0.29) is 29.8 Å². The molecule has 6 nitrogen and oxygen atoms in total. The molecule has 4 N–H and O–H groups in total. The number of para-hydroxylation sites is 2. The Labute approximate surface area is 154 Å². The third-order valence-electron chi connectivity index (χ3n) is 4.93. The molecular formula is C20H26N4O2. The van der Waals surface area contributed by atoms with Gasteiger partial charge in [-0.15, -0.1) is 0 Å². The minimum absolute atomic E-state index is 0.0382. The summed E-state index contributed by atoms with van der Waals surface area (Å²) in [6.45, 7) is 2.64. The molecule has 1 amide bonds. The Morgan fingerprint density at radius 1 is 1.19 bits per heavy atom. The van der Waals surface area contributed by atoms with Crippen molar-refractivity contribution in [3.05, 3.63) is 60.2 Å². The molecule has 0 aliphatic carbocycles. The first-order chi connectivity index (χ1) is 12.6. The molecule has 1 aliphatic rings. The normalized spacial score (nSPS) is 20.5. The Morgan fingerprint density at radius 3 is 2.62 bits per heavy atom. The number of hydrogen-bond donors (Lipinski definition) is 4. The SMILES string of the molecule is CC(CNC(=O)C1CC(c2ccccc2O)NN1)N(C)c1ccccc1. The van der Waals surface area contributed by atoms with Crippen LogP contribution in [0.3, 0.4) is 0 Å². The molecule has 3 rings (SSSR count). The van der Waals surface area contributed by atoms with Crippen molar-refractivity contribution in [3.8, 4) is 5.75 Å². The molecule has 1 aliphatic heterocycles. The molecule has 2 aromatic carbocycles. The smallest absolute Gasteiger partial charge is 0.238 e. The van der Waals surface area contributed by atoms with Gasteiger partial charge in [-0.25, -0.2) is 10.9 Å². The fourth-order valence-electron chi connectivity index (χ4n) is 3.14. The van der Waals surface area contributed by atoms with E-state index in [1.165, 1.54) is 0 Å². The number of carbonyl (C=O) groups is 1. The van der Waals surface area contributed by atoms with E-state index < -0.39 is 0 Å². The quantitative estimate of drug-likeness (QED) is 0.638. The predicted octanol–water partition coefficient (Wildman–Crippen LogP) is 1.94. The predicted molar refractivity (Wildman–Crippen MR) is 103 cm³/mol. The number of phenols is 1. The largest absolute Gasteiger partial charge is 0.508 e. The van der Waals surface area contributed by atoms with Gasteiger partial charge < -0.3 is 15.3 Å². The maximum Gasteiger partial charge on any atom is 0.238 e. The molecule has 1 saturated heterocycles. The zero-order valence-electron chi connectivity index (χ0n) is 15.1. The van der Waals surface area contributed by atoms with Crippen molar-refractivity contribution in [2.75, 3.05) is 18.5 Å². The third-order valence-corrected chi connectivity index (χ3v) is 4.93. The summed E-state index contributed by atoms with van der Waals surface area (Å²) in [5.41, 5.74) is 8.05. The highest BCUT2D eigenvalue weighted by Crippen LogP contribution is 2.29. The maximum atomic E-state index is 12.5. The van der Waals surface area contributed by atoms with E-state index in [9.17, 15) is 9.90 Å². The number of rotatable bonds is 6. The number of hydrogen-bond acceptors (Lipinski definition) is 5. The Bertz CT molecular complexity index is 738. The van der Waals surface area contributed by atoms with Gasteiger partial charge in [-0.1, -0.05) is 36.4 Å². The molecule has 6 heteroatoms. The number of nitrogens with zero attached hydrogens (tertiary/aromatic N) is 1. The zero-order valence-corrected chi connectivity index (χ0v) is 15.1. The molecule has 1 fully saturated rings. The molecule has 0 bridgehead atoms. The number of carbonyl (C=O) groups excluding carboxylic acids is 1. The molecule has 0 saturated carbocycles. The molecule has 3 unspecified atom stereocenters. The van der Waals surface area contributed by atoms with Crippen LogP contribution < -0.4 is 21.1 Å². The van der Waals surface area contributed by atoms with Crippen LogP contribution in [0, 0.1) is 0 Å². The van der Waals surface area contributed by atoms with Gasteiger partial charge in [-0.3, -0.25) is 4.79 Å². The highest BCUT2D eigenvalue weighted by atomic mass is 16.3. The van der Waals surface area contributed by atoms with Crippen molar-refractivity contribution in [3.63, 3.8) is 0 Å². The van der Waals surface area contributed by atoms with Crippen LogP contribution in [0.5, 0.6) is 5.75 Å². The first-order valence-corrected chi connectivity index (χ1v) is 8.91. The topological polar surface area (TPSA) is 76.6 Å². The van der Waals surface area contributed by atoms with Crippen LogP contribution in [0.4, 0.5) is 5.69 Å². The number of likely N-dealkylation sites (N-methyl/N-ethyl adjacent to an activating group) is 1. The van der Waals surface area contributed by atoms with E-state index in [1.54, 1.807) is 12.1 Å². The van der Waals surface area contributed by atoms with E-state index in [4.69, 9.17) is 0 Å². The summed E-state index contributed by atoms with van der Waals surface area (Å²) < 4.78 is 0. The van der Waals surface area contributed by atoms with Crippen LogP contribution in [0.15, 0.2) is 54.6 Å². The first kappa shape index (κ1) is 18.2. The van der Waals surface area contributed by atoms with Gasteiger partial charge in [0, 0.05) is 30.9 Å². The van der Waals surface area contributed by atoms with Crippen molar-refractivity contribution in [1.82, 2.24) is 16.2 Å². The van der Waals surface area contributed by atoms with Crippen molar-refractivity contribution in [2.24, 2.45) is 0 Å². The van der Waals surface area contributed by atoms with Gasteiger partial charge >= 0.3 is 0 Å². The number of nitrogens with one attached hydrogen (secondary N) is 3. The Hall–Kier alpha value is -2.57. The lowest BCUT2D eigenvalue weighted by Gasteiger charge is -2.27. The summed E-state index contributed by atoms with van der Waals surface area (Å²) in [7, 11) is 2.02. The van der Waals surface area contributed by atoms with Crippen LogP contribution in [0.25, 0.3) is 0 Å². The molecule has 138 valence electrons. The molecular weight excluding hydrogens is 328 g/mol. The minimum atomic E-state index is -0.325. The number of benzene rings is 2. The molecule has 1 heterocycles. The second kappa shape index (κ2) is 8.21. The van der Waals surface area contributed by atoms with Gasteiger partial charge in [0.05, 0.1) is 6.04 Å². The standard InChI is InChI=1S/C20H26N4O2/c1-14(24(2)15-8-4-3-5-9-15)13-21-20(26)18-12-17(22-23-18)16-10-6-7-11-19(16)25/h3-11,14,17-18,22-23,25H,12-13H2,1-2H3,(H,21,26). The Balaban J connectivity index is 1.51. The average Bonchev–Trinajstić information content (AvgIpc) is 3.16. The first-order valence-electron chi connectivity index (χ1n) is 8.91. The van der Waals surface area contributed by atoms with E-state index in [0.29, 0.717) is 13.0 Å². The minimum Gasteiger partial charge on any atom is -0.508 e. The number of aromatic hydroxyl groups is 1. The number of anilines is 1. The molecule has 0 aromatic heterocycles. The van der Waals surface area contributed by atoms with Gasteiger partial charge in [0.25, 0.3) is 0 Å². The third kappa shape index (κ3) is 4.15. The van der Waals surface area contributed by atoms with E-state index >= 15 is 0 Å². The lowest BCUT2D eigenvalue weighted by molar-refractivity contribution is -0.122. The Kier molecular flexibility index (Phi) is 5.75. The summed E-state index contributed by atoms with van der Waals surface area (Å²) >= 11 is 0. The number of hydrazine groups is 1. The van der Waals surface area contributed by atoms with Crippen molar-refractivity contribution in [1.29, 1.82) is 0 Å². The molecule has 26 heavy (non-hydrogen) atoms. The van der Waals surface area contributed by atoms with Crippen molar-refractivity contribution < 1.29 is 9.90 Å². The van der Waals surface area contributed by atoms with Crippen LogP contribution in [0.2, 0.25) is 0 Å². The zero-order chi connectivity index (χ0) is 18.5. The van der Waals surface area contributed by atoms with Crippen molar-refractivity contribution in [2.45, 2.75) is 31.5 Å². The van der Waals surface area contributed by atoms with Gasteiger partial charge in [0.1, 0.15) is 11.8 Å². The van der Waals surface area contributed by atoms with Gasteiger partial charge in [0.15, 0.2) is 0 Å². The molecule has 3 atom stereocenters. The fraction of sp³-hybridized carbons (Fsp3) is 0.350. The van der Waals surface area contributed by atoms with Crippen LogP contribution >= 0.6 is 0 Å². The van der Waals surface area contributed by atoms with E-state index in [1.807, 2.05) is 37.4 Å². The molecule has 0 spiro atoms. The monoisotopic (exact) mass is 354 g/mol. The lowest BCUT2D eigenvalue weighted by atomic mass is 10.0. The van der Waals surface area contributed by atoms with E-state index in [0.717, 1.165) is 11.3 Å². The van der Waals surface area contributed by atoms with Crippen molar-refractivity contribution >= 4 is 11.6 Å². The number of amides is 1. The highest BCUT2D eigenvalue weighted by Gasteiger charge is 2.31. The summed E-state index contributed by atoms with van der Waals surface area (Å²) in [6.07, 6.45) is 0.590. The maximum absolute atomic E-state index is 12.5. The summed E-state index contributed by atoms with van der Waals surface area (Å²) in [5, 5.41) is 13.0. The van der Waals surface area contributed by atoms with Gasteiger partial charge in [-0.05, 0) is 31.5 Å². The van der Waals surface area contributed by atoms with Crippen LogP contribution in [-0.4, -0.2) is 36.7 Å². The summed E-state index contributed by atoms with van der Waals surface area (Å²) in [6, 6.07) is 17.1.